The fraction of sp³-hybridized carbons (Fsp3) is 0.562. The van der Waals surface area contributed by atoms with Gasteiger partial charge in [0.15, 0.2) is 0 Å². The molecule has 1 saturated carbocycles. The van der Waals surface area contributed by atoms with Crippen LogP contribution in [0.4, 0.5) is 4.79 Å². The van der Waals surface area contributed by atoms with Gasteiger partial charge in [-0.1, -0.05) is 49.6 Å². The summed E-state index contributed by atoms with van der Waals surface area (Å²) in [6.45, 7) is 1.79. The van der Waals surface area contributed by atoms with Crippen LogP contribution in [-0.2, 0) is 0 Å². The number of aliphatic hydroxyl groups excluding tert-OH is 1. The van der Waals surface area contributed by atoms with E-state index in [1.165, 1.54) is 4.90 Å². The van der Waals surface area contributed by atoms with Gasteiger partial charge in [-0.25, -0.2) is 4.79 Å². The summed E-state index contributed by atoms with van der Waals surface area (Å²) in [6, 6.07) is 7.38. The maximum absolute atomic E-state index is 11.6. The highest BCUT2D eigenvalue weighted by molar-refractivity contribution is 6.31. The minimum Gasteiger partial charge on any atom is -0.465 e. The van der Waals surface area contributed by atoms with Gasteiger partial charge in [-0.3, -0.25) is 4.90 Å². The molecule has 0 saturated heterocycles. The Bertz CT molecular complexity index is 494. The van der Waals surface area contributed by atoms with Crippen LogP contribution in [0.15, 0.2) is 24.3 Å². The second-order valence-electron chi connectivity index (χ2n) is 5.56. The summed E-state index contributed by atoms with van der Waals surface area (Å²) in [7, 11) is 0. The zero-order valence-electron chi connectivity index (χ0n) is 12.2. The molecule has 0 radical (unpaired) electrons. The Kier molecular flexibility index (Phi) is 5.48. The summed E-state index contributed by atoms with van der Waals surface area (Å²) in [5.41, 5.74) is 0.985. The van der Waals surface area contributed by atoms with Crippen molar-refractivity contribution in [2.24, 2.45) is 0 Å². The van der Waals surface area contributed by atoms with E-state index in [-0.39, 0.29) is 12.0 Å². The molecule has 0 heterocycles. The van der Waals surface area contributed by atoms with Crippen molar-refractivity contribution < 1.29 is 15.0 Å². The zero-order chi connectivity index (χ0) is 15.4. The van der Waals surface area contributed by atoms with E-state index < -0.39 is 12.3 Å². The van der Waals surface area contributed by atoms with Crippen molar-refractivity contribution in [3.05, 3.63) is 34.9 Å². The van der Waals surface area contributed by atoms with Crippen LogP contribution in [0.5, 0.6) is 0 Å². The van der Waals surface area contributed by atoms with Crippen molar-refractivity contribution in [2.45, 2.75) is 57.2 Å². The molecule has 3 unspecified atom stereocenters. The summed E-state index contributed by atoms with van der Waals surface area (Å²) in [6.07, 6.45) is 2.06. The van der Waals surface area contributed by atoms with Crippen LogP contribution in [0.1, 0.15) is 50.5 Å². The summed E-state index contributed by atoms with van der Waals surface area (Å²) in [5, 5.41) is 20.3. The molecule has 0 aromatic heterocycles. The van der Waals surface area contributed by atoms with Crippen molar-refractivity contribution in [1.82, 2.24) is 4.90 Å². The molecule has 4 nitrogen and oxygen atoms in total. The predicted molar refractivity (Wildman–Crippen MR) is 82.6 cm³/mol. The molecule has 116 valence electrons. The molecule has 1 fully saturated rings. The normalized spacial score (nSPS) is 23.6. The second kappa shape index (κ2) is 7.14. The first-order valence-corrected chi connectivity index (χ1v) is 7.87. The fourth-order valence-electron chi connectivity index (χ4n) is 3.27. The maximum atomic E-state index is 11.6. The Labute approximate surface area is 130 Å². The molecule has 3 atom stereocenters. The van der Waals surface area contributed by atoms with E-state index in [0.29, 0.717) is 11.4 Å². The first kappa shape index (κ1) is 16.1. The average Bonchev–Trinajstić information content (AvgIpc) is 2.48. The van der Waals surface area contributed by atoms with E-state index in [9.17, 15) is 15.0 Å². The molecule has 1 aromatic rings. The molecule has 1 aliphatic rings. The van der Waals surface area contributed by atoms with Crippen LogP contribution in [0, 0.1) is 0 Å². The van der Waals surface area contributed by atoms with Gasteiger partial charge in [-0.2, -0.15) is 0 Å². The summed E-state index contributed by atoms with van der Waals surface area (Å²) < 4.78 is 0. The first-order chi connectivity index (χ1) is 10.1. The van der Waals surface area contributed by atoms with E-state index in [0.717, 1.165) is 31.2 Å². The lowest BCUT2D eigenvalue weighted by molar-refractivity contribution is -0.0274. The monoisotopic (exact) mass is 311 g/mol. The molecule has 2 N–H and O–H groups in total. The van der Waals surface area contributed by atoms with Crippen LogP contribution >= 0.6 is 11.6 Å². The molecule has 2 rings (SSSR count). The standard InChI is InChI=1S/C16H22ClNO3/c1-2-15(19)18(16(20)21)14-10-6-4-8-12(14)11-7-3-5-9-13(11)17/h3,5,7,9,12,14-15,19H,2,4,6,8,10H2,1H3,(H,20,21). The number of carboxylic acid groups (broad SMARTS) is 1. The number of amides is 1. The Balaban J connectivity index is 2.34. The lowest BCUT2D eigenvalue weighted by Crippen LogP contribution is -2.50. The Morgan fingerprint density at radius 3 is 2.67 bits per heavy atom. The van der Waals surface area contributed by atoms with Crippen LogP contribution in [0.3, 0.4) is 0 Å². The molecular weight excluding hydrogens is 290 g/mol. The van der Waals surface area contributed by atoms with Crippen molar-refractivity contribution >= 4 is 17.7 Å². The first-order valence-electron chi connectivity index (χ1n) is 7.50. The Hall–Kier alpha value is -1.26. The Morgan fingerprint density at radius 1 is 1.38 bits per heavy atom. The highest BCUT2D eigenvalue weighted by atomic mass is 35.5. The average molecular weight is 312 g/mol. The zero-order valence-corrected chi connectivity index (χ0v) is 13.0. The highest BCUT2D eigenvalue weighted by Crippen LogP contribution is 2.39. The van der Waals surface area contributed by atoms with Gasteiger partial charge in [-0.15, -0.1) is 0 Å². The van der Waals surface area contributed by atoms with Crippen molar-refractivity contribution in [3.8, 4) is 0 Å². The predicted octanol–water partition coefficient (Wildman–Crippen LogP) is 4.07. The molecule has 0 aliphatic heterocycles. The number of hydrogen-bond acceptors (Lipinski definition) is 2. The lowest BCUT2D eigenvalue weighted by Gasteiger charge is -2.41. The van der Waals surface area contributed by atoms with E-state index in [1.54, 1.807) is 6.92 Å². The highest BCUT2D eigenvalue weighted by Gasteiger charge is 2.37. The van der Waals surface area contributed by atoms with E-state index in [1.807, 2.05) is 24.3 Å². The fourth-order valence-corrected chi connectivity index (χ4v) is 3.55. The third-order valence-corrected chi connectivity index (χ3v) is 4.64. The minimum absolute atomic E-state index is 0.0461. The Morgan fingerprint density at radius 2 is 2.05 bits per heavy atom. The third-order valence-electron chi connectivity index (χ3n) is 4.30. The summed E-state index contributed by atoms with van der Waals surface area (Å²) in [4.78, 5) is 12.8. The molecule has 1 amide bonds. The number of rotatable bonds is 4. The van der Waals surface area contributed by atoms with Gasteiger partial charge in [0.25, 0.3) is 0 Å². The number of nitrogens with zero attached hydrogens (tertiary/aromatic N) is 1. The smallest absolute Gasteiger partial charge is 0.409 e. The van der Waals surface area contributed by atoms with E-state index in [4.69, 9.17) is 11.6 Å². The van der Waals surface area contributed by atoms with Gasteiger partial charge in [0.2, 0.25) is 0 Å². The third kappa shape index (κ3) is 3.50. The lowest BCUT2D eigenvalue weighted by atomic mass is 9.79. The number of aliphatic hydroxyl groups is 1. The largest absolute Gasteiger partial charge is 0.465 e. The van der Waals surface area contributed by atoms with Crippen LogP contribution in [-0.4, -0.2) is 33.5 Å². The number of benzene rings is 1. The van der Waals surface area contributed by atoms with Crippen molar-refractivity contribution in [1.29, 1.82) is 0 Å². The molecule has 1 aliphatic carbocycles. The molecule has 21 heavy (non-hydrogen) atoms. The minimum atomic E-state index is -1.06. The van der Waals surface area contributed by atoms with Gasteiger partial charge in [0.1, 0.15) is 6.23 Å². The van der Waals surface area contributed by atoms with Crippen molar-refractivity contribution in [2.75, 3.05) is 0 Å². The van der Waals surface area contributed by atoms with E-state index in [2.05, 4.69) is 0 Å². The van der Waals surface area contributed by atoms with Crippen molar-refractivity contribution in [3.63, 3.8) is 0 Å². The van der Waals surface area contributed by atoms with Gasteiger partial charge in [-0.05, 0) is 30.9 Å². The maximum Gasteiger partial charge on any atom is 0.409 e. The van der Waals surface area contributed by atoms with Crippen LogP contribution < -0.4 is 0 Å². The van der Waals surface area contributed by atoms with E-state index >= 15 is 0 Å². The molecule has 5 heteroatoms. The quantitative estimate of drug-likeness (QED) is 0.824. The summed E-state index contributed by atoms with van der Waals surface area (Å²) in [5.74, 6) is 0.0461. The van der Waals surface area contributed by atoms with Gasteiger partial charge in [0, 0.05) is 17.0 Å². The number of carbonyl (C=O) groups is 1. The molecule has 0 bridgehead atoms. The molecule has 1 aromatic carbocycles. The van der Waals surface area contributed by atoms with Gasteiger partial charge < -0.3 is 10.2 Å². The second-order valence-corrected chi connectivity index (χ2v) is 5.97. The summed E-state index contributed by atoms with van der Waals surface area (Å²) >= 11 is 6.29. The molecule has 0 spiro atoms. The van der Waals surface area contributed by atoms with Crippen LogP contribution in [0.25, 0.3) is 0 Å². The SMILES string of the molecule is CCC(O)N(C(=O)O)C1CCCCC1c1ccccc1Cl. The number of halogens is 1. The number of hydrogen-bond donors (Lipinski definition) is 2. The van der Waals surface area contributed by atoms with Gasteiger partial charge >= 0.3 is 6.09 Å². The van der Waals surface area contributed by atoms with Gasteiger partial charge in [0.05, 0.1) is 0 Å². The van der Waals surface area contributed by atoms with Crippen LogP contribution in [0.2, 0.25) is 5.02 Å². The topological polar surface area (TPSA) is 60.8 Å². The molecular formula is C16H22ClNO3.